The Bertz CT molecular complexity index is 1220. The Hall–Kier alpha value is -4.00. The molecule has 0 aromatic heterocycles. The van der Waals surface area contributed by atoms with Crippen LogP contribution in [0.1, 0.15) is 25.0 Å². The average molecular weight is 462 g/mol. The third-order valence-corrected chi connectivity index (χ3v) is 5.82. The van der Waals surface area contributed by atoms with Gasteiger partial charge in [-0.1, -0.05) is 24.3 Å². The Balaban J connectivity index is 1.68. The third-order valence-electron chi connectivity index (χ3n) is 5.82. The van der Waals surface area contributed by atoms with Gasteiger partial charge in [-0.2, -0.15) is 0 Å². The summed E-state index contributed by atoms with van der Waals surface area (Å²) in [6, 6.07) is 18.7. The van der Waals surface area contributed by atoms with E-state index in [1.807, 2.05) is 24.3 Å². The van der Waals surface area contributed by atoms with Gasteiger partial charge in [0.25, 0.3) is 11.8 Å². The molecule has 34 heavy (non-hydrogen) atoms. The molecule has 174 valence electrons. The maximum atomic E-state index is 13.5. The summed E-state index contributed by atoms with van der Waals surface area (Å²) >= 11 is 0. The Labute approximate surface area is 197 Å². The second kappa shape index (κ2) is 9.87. The number of rotatable bonds is 8. The van der Waals surface area contributed by atoms with Crippen LogP contribution < -0.4 is 10.2 Å². The molecule has 0 fully saturated rings. The lowest BCUT2D eigenvalue weighted by Gasteiger charge is -2.21. The summed E-state index contributed by atoms with van der Waals surface area (Å²) in [5.41, 5.74) is 3.04. The van der Waals surface area contributed by atoms with E-state index in [-0.39, 0.29) is 17.8 Å². The Morgan fingerprint density at radius 1 is 0.765 bits per heavy atom. The first-order chi connectivity index (χ1) is 16.4. The summed E-state index contributed by atoms with van der Waals surface area (Å²) in [6.45, 7) is 5.89. The maximum Gasteiger partial charge on any atom is 0.278 e. The zero-order valence-corrected chi connectivity index (χ0v) is 19.0. The molecular formula is C27H25F2N3O2. The number of nitrogens with one attached hydrogen (secondary N) is 1. The highest BCUT2D eigenvalue weighted by Crippen LogP contribution is 2.32. The van der Waals surface area contributed by atoms with Gasteiger partial charge >= 0.3 is 0 Å². The van der Waals surface area contributed by atoms with E-state index in [4.69, 9.17) is 0 Å². The predicted molar refractivity (Wildman–Crippen MR) is 129 cm³/mol. The van der Waals surface area contributed by atoms with Crippen molar-refractivity contribution < 1.29 is 18.4 Å². The lowest BCUT2D eigenvalue weighted by atomic mass is 10.0. The second-order valence-electron chi connectivity index (χ2n) is 7.92. The van der Waals surface area contributed by atoms with E-state index in [0.717, 1.165) is 23.7 Å². The molecule has 1 aliphatic rings. The third kappa shape index (κ3) is 4.69. The fraction of sp³-hybridized carbons (Fsp3) is 0.185. The smallest absolute Gasteiger partial charge is 0.278 e. The van der Waals surface area contributed by atoms with Crippen molar-refractivity contribution in [3.05, 3.63) is 101 Å². The quantitative estimate of drug-likeness (QED) is 0.469. The van der Waals surface area contributed by atoms with Gasteiger partial charge in [-0.05, 0) is 73.5 Å². The van der Waals surface area contributed by atoms with E-state index in [9.17, 15) is 18.4 Å². The molecule has 3 aromatic rings. The minimum absolute atomic E-state index is 0.00524. The summed E-state index contributed by atoms with van der Waals surface area (Å²) in [4.78, 5) is 30.0. The zero-order valence-electron chi connectivity index (χ0n) is 19.0. The van der Waals surface area contributed by atoms with Crippen LogP contribution in [0.15, 0.2) is 78.5 Å². The minimum atomic E-state index is -0.499. The number of nitrogens with zero attached hydrogens (tertiary/aromatic N) is 2. The summed E-state index contributed by atoms with van der Waals surface area (Å²) in [6.07, 6.45) is 0. The molecule has 0 atom stereocenters. The van der Waals surface area contributed by atoms with Crippen molar-refractivity contribution in [3.8, 4) is 0 Å². The first kappa shape index (κ1) is 23.2. The molecule has 4 rings (SSSR count). The molecule has 7 heteroatoms. The first-order valence-corrected chi connectivity index (χ1v) is 11.1. The number of imide groups is 1. The van der Waals surface area contributed by atoms with Crippen LogP contribution in [0.4, 0.5) is 20.2 Å². The Morgan fingerprint density at radius 3 is 1.88 bits per heavy atom. The molecule has 0 unspecified atom stereocenters. The normalized spacial score (nSPS) is 13.6. The highest BCUT2D eigenvalue weighted by atomic mass is 19.1. The Morgan fingerprint density at radius 2 is 1.32 bits per heavy atom. The van der Waals surface area contributed by atoms with E-state index in [0.29, 0.717) is 16.8 Å². The van der Waals surface area contributed by atoms with Crippen molar-refractivity contribution in [3.63, 3.8) is 0 Å². The summed E-state index contributed by atoms with van der Waals surface area (Å²) in [7, 11) is 0. The van der Waals surface area contributed by atoms with E-state index in [2.05, 4.69) is 24.1 Å². The number of carbonyl (C=O) groups excluding carboxylic acids is 2. The van der Waals surface area contributed by atoms with Gasteiger partial charge in [-0.15, -0.1) is 0 Å². The van der Waals surface area contributed by atoms with Gasteiger partial charge in [0.15, 0.2) is 0 Å². The lowest BCUT2D eigenvalue weighted by molar-refractivity contribution is -0.137. The molecule has 1 aliphatic heterocycles. The van der Waals surface area contributed by atoms with E-state index < -0.39 is 23.4 Å². The number of carbonyl (C=O) groups is 2. The number of anilines is 2. The average Bonchev–Trinajstić information content (AvgIpc) is 3.07. The highest BCUT2D eigenvalue weighted by molar-refractivity contribution is 6.36. The number of halogens is 2. The van der Waals surface area contributed by atoms with Gasteiger partial charge in [0.2, 0.25) is 0 Å². The van der Waals surface area contributed by atoms with Gasteiger partial charge in [0, 0.05) is 24.5 Å². The van der Waals surface area contributed by atoms with Crippen LogP contribution in [0.25, 0.3) is 5.57 Å². The fourth-order valence-electron chi connectivity index (χ4n) is 3.98. The topological polar surface area (TPSA) is 52.7 Å². The van der Waals surface area contributed by atoms with Crippen LogP contribution in [-0.4, -0.2) is 29.8 Å². The number of benzene rings is 3. The zero-order chi connectivity index (χ0) is 24.2. The van der Waals surface area contributed by atoms with Crippen LogP contribution in [0, 0.1) is 11.6 Å². The fourth-order valence-corrected chi connectivity index (χ4v) is 3.98. The summed E-state index contributed by atoms with van der Waals surface area (Å²) in [5.74, 6) is -1.83. The Kier molecular flexibility index (Phi) is 6.72. The van der Waals surface area contributed by atoms with Crippen molar-refractivity contribution in [2.24, 2.45) is 0 Å². The molecular weight excluding hydrogens is 436 g/mol. The van der Waals surface area contributed by atoms with E-state index in [1.54, 1.807) is 0 Å². The lowest BCUT2D eigenvalue weighted by Crippen LogP contribution is -2.32. The molecule has 0 aliphatic carbocycles. The highest BCUT2D eigenvalue weighted by Gasteiger charge is 2.39. The molecule has 3 aromatic carbocycles. The summed E-state index contributed by atoms with van der Waals surface area (Å²) in [5, 5.41) is 3.11. The second-order valence-corrected chi connectivity index (χ2v) is 7.92. The van der Waals surface area contributed by atoms with Gasteiger partial charge in [-0.3, -0.25) is 14.5 Å². The molecule has 2 amide bonds. The van der Waals surface area contributed by atoms with Crippen molar-refractivity contribution in [1.29, 1.82) is 0 Å². The predicted octanol–water partition coefficient (Wildman–Crippen LogP) is 5.20. The first-order valence-electron chi connectivity index (χ1n) is 11.1. The molecule has 0 saturated heterocycles. The number of amides is 2. The molecule has 1 heterocycles. The maximum absolute atomic E-state index is 13.5. The van der Waals surface area contributed by atoms with Gasteiger partial charge < -0.3 is 10.2 Å². The van der Waals surface area contributed by atoms with E-state index >= 15 is 0 Å². The molecule has 0 radical (unpaired) electrons. The van der Waals surface area contributed by atoms with Crippen molar-refractivity contribution in [2.75, 3.05) is 23.3 Å². The van der Waals surface area contributed by atoms with Crippen LogP contribution in [-0.2, 0) is 16.1 Å². The van der Waals surface area contributed by atoms with Crippen molar-refractivity contribution >= 4 is 28.8 Å². The molecule has 0 spiro atoms. The van der Waals surface area contributed by atoms with Crippen molar-refractivity contribution in [1.82, 2.24) is 4.90 Å². The van der Waals surface area contributed by atoms with Gasteiger partial charge in [-0.25, -0.2) is 8.78 Å². The molecule has 5 nitrogen and oxygen atoms in total. The largest absolute Gasteiger partial charge is 0.372 e. The van der Waals surface area contributed by atoms with Gasteiger partial charge in [0.1, 0.15) is 17.3 Å². The molecule has 1 N–H and O–H groups in total. The number of hydrogen-bond donors (Lipinski definition) is 1. The van der Waals surface area contributed by atoms with Gasteiger partial charge in [0.05, 0.1) is 12.1 Å². The minimum Gasteiger partial charge on any atom is -0.372 e. The number of hydrogen-bond acceptors (Lipinski definition) is 4. The summed E-state index contributed by atoms with van der Waals surface area (Å²) < 4.78 is 26.8. The molecule has 0 bridgehead atoms. The monoisotopic (exact) mass is 461 g/mol. The van der Waals surface area contributed by atoms with Crippen molar-refractivity contribution in [2.45, 2.75) is 20.4 Å². The van der Waals surface area contributed by atoms with Crippen LogP contribution in [0.5, 0.6) is 0 Å². The standard InChI is InChI=1S/C27H25F2N3O2/c1-3-31(4-2)23-15-13-22(14-16-23)30-25-24(19-7-11-21(29)12-8-19)26(33)32(27(25)34)17-18-5-9-20(28)10-6-18/h5-16,30H,3-4,17H2,1-2H3. The molecule has 0 saturated carbocycles. The van der Waals surface area contributed by atoms with Crippen LogP contribution in [0.2, 0.25) is 0 Å². The van der Waals surface area contributed by atoms with Crippen LogP contribution in [0.3, 0.4) is 0 Å². The SMILES string of the molecule is CCN(CC)c1ccc(NC2=C(c3ccc(F)cc3)C(=O)N(Cc3ccc(F)cc3)C2=O)cc1. The van der Waals surface area contributed by atoms with E-state index in [1.165, 1.54) is 48.5 Å². The van der Waals surface area contributed by atoms with Crippen LogP contribution >= 0.6 is 0 Å².